The monoisotopic (exact) mass is 386 g/mol. The maximum absolute atomic E-state index is 12.6. The summed E-state index contributed by atoms with van der Waals surface area (Å²) in [7, 11) is 0. The molecular formula is C19H19ClN4O3. The lowest BCUT2D eigenvalue weighted by molar-refractivity contribution is -0.119. The van der Waals surface area contributed by atoms with Gasteiger partial charge in [0.25, 0.3) is 11.8 Å². The van der Waals surface area contributed by atoms with Gasteiger partial charge >= 0.3 is 0 Å². The van der Waals surface area contributed by atoms with Gasteiger partial charge < -0.3 is 15.1 Å². The van der Waals surface area contributed by atoms with Gasteiger partial charge in [0.05, 0.1) is 0 Å². The fourth-order valence-corrected chi connectivity index (χ4v) is 2.89. The fraction of sp³-hybridized carbons (Fsp3) is 0.263. The molecule has 0 atom stereocenters. The third kappa shape index (κ3) is 4.83. The van der Waals surface area contributed by atoms with Crippen LogP contribution in [-0.4, -0.2) is 59.2 Å². The molecule has 1 N–H and O–H groups in total. The van der Waals surface area contributed by atoms with Crippen LogP contribution in [0.2, 0.25) is 5.02 Å². The summed E-state index contributed by atoms with van der Waals surface area (Å²) < 4.78 is 0. The van der Waals surface area contributed by atoms with Gasteiger partial charge in [-0.1, -0.05) is 23.7 Å². The molecule has 27 heavy (non-hydrogen) atoms. The molecule has 2 aromatic rings. The van der Waals surface area contributed by atoms with Gasteiger partial charge in [0, 0.05) is 49.5 Å². The third-order valence-electron chi connectivity index (χ3n) is 4.36. The average Bonchev–Trinajstić information content (AvgIpc) is 2.72. The normalized spacial score (nSPS) is 14.0. The van der Waals surface area contributed by atoms with Crippen LogP contribution in [0.1, 0.15) is 26.4 Å². The summed E-state index contributed by atoms with van der Waals surface area (Å²) in [6.45, 7) is 2.25. The number of nitrogens with zero attached hydrogens (tertiary/aromatic N) is 3. The lowest BCUT2D eigenvalue weighted by Crippen LogP contribution is -2.48. The van der Waals surface area contributed by atoms with Gasteiger partial charge in [0.2, 0.25) is 6.41 Å². The molecule has 1 aliphatic rings. The quantitative estimate of drug-likeness (QED) is 0.791. The van der Waals surface area contributed by atoms with Crippen LogP contribution in [0, 0.1) is 0 Å². The number of carbonyl (C=O) groups is 3. The molecule has 1 aliphatic heterocycles. The summed E-state index contributed by atoms with van der Waals surface area (Å²) in [5, 5.41) is 3.45. The highest BCUT2D eigenvalue weighted by molar-refractivity contribution is 6.30. The molecule has 3 amide bonds. The maximum Gasteiger partial charge on any atom is 0.272 e. The first kappa shape index (κ1) is 18.8. The zero-order valence-corrected chi connectivity index (χ0v) is 15.4. The molecule has 3 rings (SSSR count). The van der Waals surface area contributed by atoms with Crippen molar-refractivity contribution in [2.24, 2.45) is 0 Å². The number of amides is 3. The SMILES string of the molecule is O=CN1CCN(C(=O)c2cc(C(=O)NCc3ccc(Cl)cc3)ccn2)CC1. The Morgan fingerprint density at radius 1 is 1.11 bits per heavy atom. The van der Waals surface area contributed by atoms with E-state index in [0.717, 1.165) is 12.0 Å². The molecule has 8 heteroatoms. The zero-order chi connectivity index (χ0) is 19.2. The Morgan fingerprint density at radius 2 is 1.81 bits per heavy atom. The number of benzene rings is 1. The van der Waals surface area contributed by atoms with E-state index < -0.39 is 0 Å². The number of piperazine rings is 1. The van der Waals surface area contributed by atoms with E-state index in [0.29, 0.717) is 43.3 Å². The summed E-state index contributed by atoms with van der Waals surface area (Å²) in [5.41, 5.74) is 1.51. The van der Waals surface area contributed by atoms with Gasteiger partial charge in [0.15, 0.2) is 0 Å². The van der Waals surface area contributed by atoms with E-state index in [1.807, 2.05) is 12.1 Å². The molecule has 7 nitrogen and oxygen atoms in total. The van der Waals surface area contributed by atoms with E-state index >= 15 is 0 Å². The van der Waals surface area contributed by atoms with Crippen molar-refractivity contribution >= 4 is 29.8 Å². The topological polar surface area (TPSA) is 82.6 Å². The number of hydrogen-bond acceptors (Lipinski definition) is 4. The first-order valence-corrected chi connectivity index (χ1v) is 8.92. The Bertz CT molecular complexity index is 833. The number of pyridine rings is 1. The molecule has 1 saturated heterocycles. The zero-order valence-electron chi connectivity index (χ0n) is 14.6. The predicted molar refractivity (Wildman–Crippen MR) is 100 cm³/mol. The van der Waals surface area contributed by atoms with Crippen LogP contribution >= 0.6 is 11.6 Å². The Hall–Kier alpha value is -2.93. The van der Waals surface area contributed by atoms with Crippen molar-refractivity contribution in [3.05, 3.63) is 64.4 Å². The maximum atomic E-state index is 12.6. The molecule has 2 heterocycles. The van der Waals surface area contributed by atoms with Gasteiger partial charge in [0.1, 0.15) is 5.69 Å². The Morgan fingerprint density at radius 3 is 2.48 bits per heavy atom. The number of aromatic nitrogens is 1. The molecule has 1 aromatic heterocycles. The van der Waals surface area contributed by atoms with Gasteiger partial charge in [-0.2, -0.15) is 0 Å². The summed E-state index contributed by atoms with van der Waals surface area (Å²) in [5.74, 6) is -0.528. The average molecular weight is 387 g/mol. The summed E-state index contributed by atoms with van der Waals surface area (Å²) in [6.07, 6.45) is 2.23. The lowest BCUT2D eigenvalue weighted by Gasteiger charge is -2.32. The summed E-state index contributed by atoms with van der Waals surface area (Å²) in [4.78, 5) is 43.1. The van der Waals surface area contributed by atoms with Crippen molar-refractivity contribution in [1.82, 2.24) is 20.1 Å². The van der Waals surface area contributed by atoms with E-state index in [9.17, 15) is 14.4 Å². The Balaban J connectivity index is 1.62. The van der Waals surface area contributed by atoms with Crippen molar-refractivity contribution in [1.29, 1.82) is 0 Å². The van der Waals surface area contributed by atoms with E-state index in [2.05, 4.69) is 10.3 Å². The number of rotatable bonds is 5. The van der Waals surface area contributed by atoms with Crippen molar-refractivity contribution in [3.63, 3.8) is 0 Å². The van der Waals surface area contributed by atoms with Crippen LogP contribution in [0.25, 0.3) is 0 Å². The molecule has 0 bridgehead atoms. The minimum absolute atomic E-state index is 0.216. The molecular weight excluding hydrogens is 368 g/mol. The molecule has 0 spiro atoms. The molecule has 0 unspecified atom stereocenters. The molecule has 140 valence electrons. The number of halogens is 1. The van der Waals surface area contributed by atoms with Gasteiger partial charge in [-0.05, 0) is 29.8 Å². The Labute approximate surface area is 161 Å². The van der Waals surface area contributed by atoms with Crippen molar-refractivity contribution < 1.29 is 14.4 Å². The van der Waals surface area contributed by atoms with E-state index in [1.54, 1.807) is 28.0 Å². The largest absolute Gasteiger partial charge is 0.348 e. The molecule has 0 aliphatic carbocycles. The standard InChI is InChI=1S/C19H19ClN4O3/c20-16-3-1-14(2-4-16)12-22-18(26)15-5-6-21-17(11-15)19(27)24-9-7-23(13-25)8-10-24/h1-6,11,13H,7-10,12H2,(H,22,26). The van der Waals surface area contributed by atoms with Crippen molar-refractivity contribution in [3.8, 4) is 0 Å². The van der Waals surface area contributed by atoms with E-state index in [1.165, 1.54) is 12.3 Å². The lowest BCUT2D eigenvalue weighted by atomic mass is 10.1. The highest BCUT2D eigenvalue weighted by Crippen LogP contribution is 2.11. The van der Waals surface area contributed by atoms with Crippen molar-refractivity contribution in [2.45, 2.75) is 6.54 Å². The smallest absolute Gasteiger partial charge is 0.272 e. The van der Waals surface area contributed by atoms with Crippen LogP contribution in [-0.2, 0) is 11.3 Å². The van der Waals surface area contributed by atoms with E-state index in [-0.39, 0.29) is 17.5 Å². The minimum atomic E-state index is -0.285. The number of hydrogen-bond donors (Lipinski definition) is 1. The highest BCUT2D eigenvalue weighted by Gasteiger charge is 2.22. The van der Waals surface area contributed by atoms with Crippen molar-refractivity contribution in [2.75, 3.05) is 26.2 Å². The van der Waals surface area contributed by atoms with Crippen LogP contribution in [0.5, 0.6) is 0 Å². The van der Waals surface area contributed by atoms with Crippen LogP contribution in [0.15, 0.2) is 42.6 Å². The molecule has 0 saturated carbocycles. The van der Waals surface area contributed by atoms with Crippen LogP contribution < -0.4 is 5.32 Å². The second kappa shape index (κ2) is 8.64. The number of nitrogens with one attached hydrogen (secondary N) is 1. The summed E-state index contributed by atoms with van der Waals surface area (Å²) in [6, 6.07) is 10.3. The fourth-order valence-electron chi connectivity index (χ4n) is 2.77. The predicted octanol–water partition coefficient (Wildman–Crippen LogP) is 1.58. The van der Waals surface area contributed by atoms with Gasteiger partial charge in [-0.25, -0.2) is 0 Å². The van der Waals surface area contributed by atoms with Crippen LogP contribution in [0.3, 0.4) is 0 Å². The molecule has 1 fully saturated rings. The number of carbonyl (C=O) groups excluding carboxylic acids is 3. The highest BCUT2D eigenvalue weighted by atomic mass is 35.5. The third-order valence-corrected chi connectivity index (χ3v) is 4.61. The molecule has 1 aromatic carbocycles. The first-order valence-electron chi connectivity index (χ1n) is 8.54. The van der Waals surface area contributed by atoms with E-state index in [4.69, 9.17) is 11.6 Å². The second-order valence-electron chi connectivity index (χ2n) is 6.17. The summed E-state index contributed by atoms with van der Waals surface area (Å²) >= 11 is 5.85. The van der Waals surface area contributed by atoms with Crippen LogP contribution in [0.4, 0.5) is 0 Å². The molecule has 0 radical (unpaired) electrons. The van der Waals surface area contributed by atoms with Gasteiger partial charge in [-0.15, -0.1) is 0 Å². The second-order valence-corrected chi connectivity index (χ2v) is 6.61. The first-order chi connectivity index (χ1) is 13.1. The Kier molecular flexibility index (Phi) is 6.03. The van der Waals surface area contributed by atoms with Gasteiger partial charge in [-0.3, -0.25) is 19.4 Å². The minimum Gasteiger partial charge on any atom is -0.348 e.